The third-order valence-electron chi connectivity index (χ3n) is 4.20. The van der Waals surface area contributed by atoms with Crippen LogP contribution in [0.15, 0.2) is 51.7 Å². The number of ether oxygens (including phenoxy) is 1. The van der Waals surface area contributed by atoms with Gasteiger partial charge in [0.15, 0.2) is 0 Å². The molecule has 2 aromatic carbocycles. The molecule has 0 aliphatic heterocycles. The maximum absolute atomic E-state index is 12.3. The summed E-state index contributed by atoms with van der Waals surface area (Å²) in [7, 11) is 0. The van der Waals surface area contributed by atoms with Gasteiger partial charge in [0.1, 0.15) is 12.2 Å². The molecule has 28 heavy (non-hydrogen) atoms. The largest absolute Gasteiger partial charge is 0.457 e. The van der Waals surface area contributed by atoms with E-state index in [1.165, 1.54) is 13.0 Å². The number of hydrogen-bond acceptors (Lipinski definition) is 5. The second-order valence-electron chi connectivity index (χ2n) is 6.37. The lowest BCUT2D eigenvalue weighted by atomic mass is 10.1. The van der Waals surface area contributed by atoms with Crippen molar-refractivity contribution < 1.29 is 18.7 Å². The zero-order valence-electron chi connectivity index (χ0n) is 15.4. The van der Waals surface area contributed by atoms with E-state index in [0.717, 1.165) is 11.1 Å². The van der Waals surface area contributed by atoms with E-state index in [2.05, 4.69) is 5.32 Å². The molecule has 0 unspecified atom stereocenters. The fraction of sp³-hybridized carbons (Fsp3) is 0.190. The summed E-state index contributed by atoms with van der Waals surface area (Å²) in [6, 6.07) is 11.4. The van der Waals surface area contributed by atoms with E-state index in [1.807, 2.05) is 6.92 Å². The van der Waals surface area contributed by atoms with Gasteiger partial charge in [0.05, 0.1) is 5.56 Å². The summed E-state index contributed by atoms with van der Waals surface area (Å²) in [5.41, 5.74) is 2.40. The van der Waals surface area contributed by atoms with Gasteiger partial charge < -0.3 is 14.5 Å². The Morgan fingerprint density at radius 2 is 1.86 bits per heavy atom. The van der Waals surface area contributed by atoms with Gasteiger partial charge in [-0.05, 0) is 42.3 Å². The third-order valence-corrected chi connectivity index (χ3v) is 4.61. The number of aryl methyl sites for hydroxylation is 1. The van der Waals surface area contributed by atoms with Crippen molar-refractivity contribution >= 4 is 34.4 Å². The van der Waals surface area contributed by atoms with Crippen LogP contribution in [0.2, 0.25) is 5.02 Å². The Morgan fingerprint density at radius 3 is 2.54 bits per heavy atom. The number of carbonyl (C=O) groups excluding carboxylic acids is 2. The summed E-state index contributed by atoms with van der Waals surface area (Å²) in [4.78, 5) is 35.1. The molecule has 0 fully saturated rings. The van der Waals surface area contributed by atoms with E-state index < -0.39 is 11.6 Å². The highest BCUT2D eigenvalue weighted by atomic mass is 35.5. The van der Waals surface area contributed by atoms with Crippen LogP contribution < -0.4 is 10.9 Å². The van der Waals surface area contributed by atoms with Gasteiger partial charge in [-0.1, -0.05) is 23.7 Å². The SMILES string of the molecule is CC(=O)NCc1ccc(C(=O)OCc2cc(=O)oc3cc(C)c(Cl)cc23)cc1. The van der Waals surface area contributed by atoms with E-state index in [0.29, 0.717) is 33.7 Å². The number of hydrogen-bond donors (Lipinski definition) is 1. The zero-order valence-corrected chi connectivity index (χ0v) is 16.1. The predicted molar refractivity (Wildman–Crippen MR) is 105 cm³/mol. The van der Waals surface area contributed by atoms with Crippen LogP contribution in [0.1, 0.15) is 34.0 Å². The molecule has 6 nitrogen and oxygen atoms in total. The molecule has 144 valence electrons. The summed E-state index contributed by atoms with van der Waals surface area (Å²) >= 11 is 6.16. The van der Waals surface area contributed by atoms with Crippen LogP contribution in [0.5, 0.6) is 0 Å². The van der Waals surface area contributed by atoms with E-state index in [4.69, 9.17) is 20.8 Å². The van der Waals surface area contributed by atoms with E-state index in [9.17, 15) is 14.4 Å². The fourth-order valence-corrected chi connectivity index (χ4v) is 2.84. The van der Waals surface area contributed by atoms with Crippen LogP contribution in [0.3, 0.4) is 0 Å². The van der Waals surface area contributed by atoms with Gasteiger partial charge in [0.25, 0.3) is 0 Å². The van der Waals surface area contributed by atoms with Crippen molar-refractivity contribution in [1.29, 1.82) is 0 Å². The van der Waals surface area contributed by atoms with Gasteiger partial charge >= 0.3 is 11.6 Å². The van der Waals surface area contributed by atoms with Crippen LogP contribution in [0.4, 0.5) is 0 Å². The Balaban J connectivity index is 1.75. The molecule has 0 aliphatic carbocycles. The lowest BCUT2D eigenvalue weighted by Gasteiger charge is -2.09. The summed E-state index contributed by atoms with van der Waals surface area (Å²) < 4.78 is 10.6. The predicted octanol–water partition coefficient (Wildman–Crippen LogP) is 3.75. The van der Waals surface area contributed by atoms with Gasteiger partial charge in [0.2, 0.25) is 5.91 Å². The van der Waals surface area contributed by atoms with Gasteiger partial charge in [-0.25, -0.2) is 9.59 Å². The van der Waals surface area contributed by atoms with Gasteiger partial charge in [-0.3, -0.25) is 4.79 Å². The number of esters is 1. The highest BCUT2D eigenvalue weighted by molar-refractivity contribution is 6.32. The number of carbonyl (C=O) groups is 2. The molecule has 0 saturated carbocycles. The number of rotatable bonds is 5. The Kier molecular flexibility index (Phi) is 5.80. The molecule has 3 rings (SSSR count). The minimum absolute atomic E-state index is 0.0893. The van der Waals surface area contributed by atoms with Gasteiger partial charge in [-0.15, -0.1) is 0 Å². The van der Waals surface area contributed by atoms with Crippen LogP contribution in [0.25, 0.3) is 11.0 Å². The molecular formula is C21H18ClNO5. The molecule has 0 radical (unpaired) electrons. The zero-order chi connectivity index (χ0) is 20.3. The van der Waals surface area contributed by atoms with Crippen molar-refractivity contribution in [3.05, 3.63) is 80.2 Å². The van der Waals surface area contributed by atoms with Crippen molar-refractivity contribution in [3.8, 4) is 0 Å². The lowest BCUT2D eigenvalue weighted by Crippen LogP contribution is -2.18. The Labute approximate surface area is 166 Å². The second kappa shape index (κ2) is 8.27. The Bertz CT molecular complexity index is 1100. The summed E-state index contributed by atoms with van der Waals surface area (Å²) in [5, 5.41) is 3.83. The maximum Gasteiger partial charge on any atom is 0.338 e. The lowest BCUT2D eigenvalue weighted by molar-refractivity contribution is -0.119. The molecule has 0 aliphatic rings. The first-order valence-corrected chi connectivity index (χ1v) is 8.94. The van der Waals surface area contributed by atoms with Crippen molar-refractivity contribution in [1.82, 2.24) is 5.32 Å². The molecule has 0 atom stereocenters. The quantitative estimate of drug-likeness (QED) is 0.521. The molecule has 7 heteroatoms. The summed E-state index contributed by atoms with van der Waals surface area (Å²) in [6.07, 6.45) is 0. The van der Waals surface area contributed by atoms with Gasteiger partial charge in [0, 0.05) is 35.5 Å². The first-order valence-electron chi connectivity index (χ1n) is 8.57. The summed E-state index contributed by atoms with van der Waals surface area (Å²) in [5.74, 6) is -0.649. The Morgan fingerprint density at radius 1 is 1.14 bits per heavy atom. The first kappa shape index (κ1) is 19.6. The van der Waals surface area contributed by atoms with Crippen LogP contribution in [0, 0.1) is 6.92 Å². The molecule has 0 bridgehead atoms. The normalized spacial score (nSPS) is 10.7. The minimum atomic E-state index is -0.525. The van der Waals surface area contributed by atoms with Crippen molar-refractivity contribution in [2.24, 2.45) is 0 Å². The number of halogens is 1. The smallest absolute Gasteiger partial charge is 0.338 e. The van der Waals surface area contributed by atoms with E-state index in [1.54, 1.807) is 36.4 Å². The topological polar surface area (TPSA) is 85.6 Å². The highest BCUT2D eigenvalue weighted by Crippen LogP contribution is 2.25. The van der Waals surface area contributed by atoms with E-state index in [-0.39, 0.29) is 12.5 Å². The molecule has 0 saturated heterocycles. The minimum Gasteiger partial charge on any atom is -0.457 e. The monoisotopic (exact) mass is 399 g/mol. The average molecular weight is 400 g/mol. The second-order valence-corrected chi connectivity index (χ2v) is 6.78. The number of nitrogens with one attached hydrogen (secondary N) is 1. The van der Waals surface area contributed by atoms with Crippen LogP contribution in [-0.4, -0.2) is 11.9 Å². The molecule has 0 spiro atoms. The Hall–Kier alpha value is -3.12. The third kappa shape index (κ3) is 4.58. The first-order chi connectivity index (χ1) is 13.3. The van der Waals surface area contributed by atoms with Crippen LogP contribution in [-0.2, 0) is 22.7 Å². The van der Waals surface area contributed by atoms with Crippen molar-refractivity contribution in [2.45, 2.75) is 27.0 Å². The van der Waals surface area contributed by atoms with Crippen molar-refractivity contribution in [2.75, 3.05) is 0 Å². The average Bonchev–Trinajstić information content (AvgIpc) is 2.66. The van der Waals surface area contributed by atoms with Crippen molar-refractivity contribution in [3.63, 3.8) is 0 Å². The molecule has 1 aromatic heterocycles. The molecule has 1 N–H and O–H groups in total. The van der Waals surface area contributed by atoms with Crippen LogP contribution >= 0.6 is 11.6 Å². The number of amides is 1. The molecular weight excluding hydrogens is 382 g/mol. The number of benzene rings is 2. The maximum atomic E-state index is 12.3. The summed E-state index contributed by atoms with van der Waals surface area (Å²) in [6.45, 7) is 3.54. The molecule has 1 amide bonds. The van der Waals surface area contributed by atoms with E-state index >= 15 is 0 Å². The molecule has 1 heterocycles. The molecule has 3 aromatic rings. The highest BCUT2D eigenvalue weighted by Gasteiger charge is 2.12. The number of fused-ring (bicyclic) bond motifs is 1. The standard InChI is InChI=1S/C21H18ClNO5/c1-12-7-19-17(9-18(12)22)16(8-20(25)28-19)11-27-21(26)15-5-3-14(4-6-15)10-23-13(2)24/h3-9H,10-11H2,1-2H3,(H,23,24). The fourth-order valence-electron chi connectivity index (χ4n) is 2.68. The van der Waals surface area contributed by atoms with Gasteiger partial charge in [-0.2, -0.15) is 0 Å².